The first-order valence-electron chi connectivity index (χ1n) is 9.69. The first-order valence-corrected chi connectivity index (χ1v) is 9.69. The van der Waals surface area contributed by atoms with Crippen LogP contribution in [-0.4, -0.2) is 29.1 Å². The Morgan fingerprint density at radius 3 is 1.03 bits per heavy atom. The SMILES string of the molecule is CC(C)(C)N=CN(B(c1c(F)c(F)c(F)c(F)c1F)c1c(F)c(F)c(F)c(F)c1F)C(C)(C)C. The van der Waals surface area contributed by atoms with Gasteiger partial charge < -0.3 is 4.81 Å². The Balaban J connectivity index is 3.15. The molecule has 2 aromatic carbocycles. The monoisotopic (exact) mass is 500 g/mol. The van der Waals surface area contributed by atoms with Gasteiger partial charge in [0, 0.05) is 16.5 Å². The van der Waals surface area contributed by atoms with Gasteiger partial charge in [-0.15, -0.1) is 0 Å². The Morgan fingerprint density at radius 2 is 0.794 bits per heavy atom. The van der Waals surface area contributed by atoms with Crippen molar-refractivity contribution in [2.45, 2.75) is 52.6 Å². The first-order chi connectivity index (χ1) is 15.3. The van der Waals surface area contributed by atoms with Crippen molar-refractivity contribution in [3.05, 3.63) is 58.2 Å². The predicted octanol–water partition coefficient (Wildman–Crippen LogP) is 5.11. The molecule has 2 nitrogen and oxygen atoms in total. The van der Waals surface area contributed by atoms with E-state index in [2.05, 4.69) is 4.99 Å². The lowest BCUT2D eigenvalue weighted by molar-refractivity contribution is 0.353. The van der Waals surface area contributed by atoms with E-state index in [1.807, 2.05) is 0 Å². The summed E-state index contributed by atoms with van der Waals surface area (Å²) in [5, 5.41) is 0. The van der Waals surface area contributed by atoms with Crippen molar-refractivity contribution < 1.29 is 43.9 Å². The van der Waals surface area contributed by atoms with Gasteiger partial charge in [0.1, 0.15) is 0 Å². The smallest absolute Gasteiger partial charge is 0.337 e. The lowest BCUT2D eigenvalue weighted by Crippen LogP contribution is -2.65. The van der Waals surface area contributed by atoms with Gasteiger partial charge in [-0.05, 0) is 41.5 Å². The molecule has 0 aliphatic rings. The molecule has 0 saturated heterocycles. The molecular formula is C21H19BF10N2. The van der Waals surface area contributed by atoms with E-state index in [9.17, 15) is 43.9 Å². The van der Waals surface area contributed by atoms with E-state index in [0.29, 0.717) is 4.81 Å². The van der Waals surface area contributed by atoms with E-state index in [1.165, 1.54) is 41.5 Å². The highest BCUT2D eigenvalue weighted by Gasteiger charge is 2.45. The quantitative estimate of drug-likeness (QED) is 0.142. The first kappa shape index (κ1) is 27.5. The van der Waals surface area contributed by atoms with E-state index in [4.69, 9.17) is 0 Å². The average molecular weight is 500 g/mol. The Morgan fingerprint density at radius 1 is 0.529 bits per heavy atom. The Bertz CT molecular complexity index is 1020. The second kappa shape index (κ2) is 9.14. The number of aliphatic imine (C=N–C) groups is 1. The molecule has 0 atom stereocenters. The molecule has 0 heterocycles. The van der Waals surface area contributed by atoms with Gasteiger partial charge in [-0.3, -0.25) is 4.99 Å². The standard InChI is InChI=1S/C21H19BF10N2/c1-20(2,3)33-7-34(21(4,5)6)22(8-10(23)14(27)18(31)15(28)11(8)24)9-12(25)16(29)19(32)17(30)13(9)26/h7H,1-6H3. The molecule has 2 aromatic rings. The fourth-order valence-corrected chi connectivity index (χ4v) is 3.01. The number of hydrogen-bond donors (Lipinski definition) is 0. The summed E-state index contributed by atoms with van der Waals surface area (Å²) in [6, 6.07) is 0. The minimum absolute atomic E-state index is 0.648. The zero-order chi connectivity index (χ0) is 26.5. The highest BCUT2D eigenvalue weighted by atomic mass is 19.2. The molecule has 0 aromatic heterocycles. The number of hydrogen-bond acceptors (Lipinski definition) is 1. The molecule has 0 fully saturated rings. The van der Waals surface area contributed by atoms with Crippen LogP contribution in [0.25, 0.3) is 0 Å². The third-order valence-corrected chi connectivity index (χ3v) is 4.66. The van der Waals surface area contributed by atoms with Gasteiger partial charge in [-0.25, -0.2) is 43.9 Å². The molecule has 0 aliphatic heterocycles. The molecule has 0 spiro atoms. The van der Waals surface area contributed by atoms with Crippen LogP contribution < -0.4 is 10.9 Å². The molecule has 2 rings (SSSR count). The highest BCUT2D eigenvalue weighted by molar-refractivity contribution is 6.84. The summed E-state index contributed by atoms with van der Waals surface area (Å²) in [7, 11) is 0. The summed E-state index contributed by atoms with van der Waals surface area (Å²) in [6.07, 6.45) is 0.792. The molecule has 0 N–H and O–H groups in total. The molecule has 0 bridgehead atoms. The Hall–Kier alpha value is -2.73. The van der Waals surface area contributed by atoms with Gasteiger partial charge in [0.2, 0.25) is 0 Å². The van der Waals surface area contributed by atoms with Crippen LogP contribution in [0.2, 0.25) is 0 Å². The molecule has 186 valence electrons. The molecule has 0 saturated carbocycles. The van der Waals surface area contributed by atoms with Crippen molar-refractivity contribution in [1.82, 2.24) is 4.81 Å². The lowest BCUT2D eigenvalue weighted by atomic mass is 9.47. The zero-order valence-electron chi connectivity index (χ0n) is 18.8. The van der Waals surface area contributed by atoms with Gasteiger partial charge in [-0.1, -0.05) is 0 Å². The van der Waals surface area contributed by atoms with Crippen molar-refractivity contribution in [2.75, 3.05) is 0 Å². The summed E-state index contributed by atoms with van der Waals surface area (Å²) >= 11 is 0. The van der Waals surface area contributed by atoms with Crippen LogP contribution in [0.1, 0.15) is 41.5 Å². The van der Waals surface area contributed by atoms with E-state index < -0.39 is 87.0 Å². The maximum atomic E-state index is 14.8. The molecule has 0 radical (unpaired) electrons. The average Bonchev–Trinajstić information content (AvgIpc) is 2.71. The van der Waals surface area contributed by atoms with Gasteiger partial charge >= 0.3 is 6.85 Å². The number of nitrogens with zero attached hydrogens (tertiary/aromatic N) is 2. The van der Waals surface area contributed by atoms with Gasteiger partial charge in [0.25, 0.3) is 0 Å². The van der Waals surface area contributed by atoms with Crippen molar-refractivity contribution in [1.29, 1.82) is 0 Å². The molecule has 0 unspecified atom stereocenters. The fraction of sp³-hybridized carbons (Fsp3) is 0.381. The molecule has 0 aliphatic carbocycles. The highest BCUT2D eigenvalue weighted by Crippen LogP contribution is 2.24. The minimum Gasteiger partial charge on any atom is -0.393 e. The van der Waals surface area contributed by atoms with Crippen molar-refractivity contribution in [3.8, 4) is 0 Å². The molecule has 13 heteroatoms. The maximum absolute atomic E-state index is 14.8. The molecule has 0 amide bonds. The minimum atomic E-state index is -2.71. The summed E-state index contributed by atoms with van der Waals surface area (Å²) in [5.74, 6) is -25.1. The topological polar surface area (TPSA) is 15.6 Å². The predicted molar refractivity (Wildman–Crippen MR) is 107 cm³/mol. The summed E-state index contributed by atoms with van der Waals surface area (Å²) in [4.78, 5) is 4.67. The largest absolute Gasteiger partial charge is 0.393 e. The number of rotatable bonds is 4. The summed E-state index contributed by atoms with van der Waals surface area (Å²) in [6.45, 7) is 5.80. The van der Waals surface area contributed by atoms with Crippen LogP contribution in [0.4, 0.5) is 43.9 Å². The van der Waals surface area contributed by atoms with E-state index in [-0.39, 0.29) is 0 Å². The van der Waals surface area contributed by atoms with Crippen LogP contribution in [0.3, 0.4) is 0 Å². The van der Waals surface area contributed by atoms with E-state index in [0.717, 1.165) is 6.34 Å². The number of benzene rings is 2. The van der Waals surface area contributed by atoms with Crippen molar-refractivity contribution >= 4 is 24.1 Å². The van der Waals surface area contributed by atoms with E-state index in [1.54, 1.807) is 0 Å². The van der Waals surface area contributed by atoms with Gasteiger partial charge in [0.15, 0.2) is 58.2 Å². The van der Waals surface area contributed by atoms with Crippen LogP contribution in [-0.2, 0) is 0 Å². The van der Waals surface area contributed by atoms with Crippen LogP contribution in [0.5, 0.6) is 0 Å². The van der Waals surface area contributed by atoms with Gasteiger partial charge in [-0.2, -0.15) is 0 Å². The lowest BCUT2D eigenvalue weighted by Gasteiger charge is -2.40. The Labute approximate surface area is 189 Å². The molecular weight excluding hydrogens is 481 g/mol. The third-order valence-electron chi connectivity index (χ3n) is 4.66. The maximum Gasteiger partial charge on any atom is 0.337 e. The van der Waals surface area contributed by atoms with Gasteiger partial charge in [0.05, 0.1) is 11.9 Å². The summed E-state index contributed by atoms with van der Waals surface area (Å²) < 4.78 is 143. The second-order valence-electron chi connectivity index (χ2n) is 9.36. The van der Waals surface area contributed by atoms with Crippen LogP contribution in [0.15, 0.2) is 4.99 Å². The normalized spacial score (nSPS) is 12.6. The molecule has 34 heavy (non-hydrogen) atoms. The number of halogens is 10. The van der Waals surface area contributed by atoms with Crippen LogP contribution in [0, 0.1) is 58.2 Å². The van der Waals surface area contributed by atoms with Crippen molar-refractivity contribution in [3.63, 3.8) is 0 Å². The third kappa shape index (κ3) is 4.88. The second-order valence-corrected chi connectivity index (χ2v) is 9.36. The van der Waals surface area contributed by atoms with Crippen molar-refractivity contribution in [2.24, 2.45) is 4.99 Å². The van der Waals surface area contributed by atoms with E-state index >= 15 is 0 Å². The Kier molecular flexibility index (Phi) is 7.40. The fourth-order valence-electron chi connectivity index (χ4n) is 3.01. The zero-order valence-corrected chi connectivity index (χ0v) is 18.8. The van der Waals surface area contributed by atoms with Crippen LogP contribution >= 0.6 is 0 Å². The summed E-state index contributed by atoms with van der Waals surface area (Å²) in [5.41, 5.74) is -6.04.